The maximum atomic E-state index is 13.5. The molecule has 0 saturated heterocycles. The highest BCUT2D eigenvalue weighted by Crippen LogP contribution is 2.14. The van der Waals surface area contributed by atoms with Gasteiger partial charge in [-0.15, -0.1) is 0 Å². The number of hydrogen-bond acceptors (Lipinski definition) is 3. The van der Waals surface area contributed by atoms with Crippen LogP contribution in [0.4, 0.5) is 4.39 Å². The molecule has 0 bridgehead atoms. The number of guanidine groups is 1. The Morgan fingerprint density at radius 2 is 1.90 bits per heavy atom. The van der Waals surface area contributed by atoms with E-state index in [0.717, 1.165) is 25.5 Å². The Hall–Kier alpha value is -1.63. The van der Waals surface area contributed by atoms with Crippen molar-refractivity contribution in [3.63, 3.8) is 0 Å². The van der Waals surface area contributed by atoms with Crippen LogP contribution in [0, 0.1) is 5.82 Å². The summed E-state index contributed by atoms with van der Waals surface area (Å²) in [5.41, 5.74) is 0. The van der Waals surface area contributed by atoms with Gasteiger partial charge in [0.1, 0.15) is 10.7 Å². The zero-order chi connectivity index (χ0) is 15.7. The number of nitrogens with zero attached hydrogens (tertiary/aromatic N) is 1. The number of halogens is 1. The molecule has 21 heavy (non-hydrogen) atoms. The largest absolute Gasteiger partial charge is 0.356 e. The van der Waals surface area contributed by atoms with Crippen molar-refractivity contribution < 1.29 is 12.8 Å². The summed E-state index contributed by atoms with van der Waals surface area (Å²) in [4.78, 5) is 3.73. The first-order chi connectivity index (χ1) is 10.0. The van der Waals surface area contributed by atoms with Gasteiger partial charge in [-0.3, -0.25) is 4.99 Å². The summed E-state index contributed by atoms with van der Waals surface area (Å²) in [7, 11) is -2.02. The number of nitrogens with one attached hydrogen (secondary N) is 2. The highest BCUT2D eigenvalue weighted by Gasteiger charge is 2.18. The van der Waals surface area contributed by atoms with Crippen molar-refractivity contribution in [2.75, 3.05) is 25.9 Å². The highest BCUT2D eigenvalue weighted by atomic mass is 32.2. The highest BCUT2D eigenvalue weighted by molar-refractivity contribution is 7.91. The Balaban J connectivity index is 2.53. The molecule has 1 aromatic carbocycles. The van der Waals surface area contributed by atoms with Crippen LogP contribution in [-0.2, 0) is 9.84 Å². The third kappa shape index (κ3) is 5.71. The van der Waals surface area contributed by atoms with Crippen LogP contribution in [0.25, 0.3) is 0 Å². The third-order valence-electron chi connectivity index (χ3n) is 2.88. The van der Waals surface area contributed by atoms with Gasteiger partial charge in [-0.1, -0.05) is 25.5 Å². The van der Waals surface area contributed by atoms with E-state index in [1.165, 1.54) is 18.2 Å². The third-order valence-corrected chi connectivity index (χ3v) is 4.62. The maximum Gasteiger partial charge on any atom is 0.191 e. The number of unbranched alkanes of at least 4 members (excludes halogenated alkanes) is 1. The second kappa shape index (κ2) is 8.61. The molecule has 0 saturated carbocycles. The van der Waals surface area contributed by atoms with Crippen LogP contribution >= 0.6 is 0 Å². The number of hydrogen-bond donors (Lipinski definition) is 2. The van der Waals surface area contributed by atoms with Gasteiger partial charge in [0.2, 0.25) is 0 Å². The van der Waals surface area contributed by atoms with Crippen LogP contribution in [0.5, 0.6) is 0 Å². The van der Waals surface area contributed by atoms with Crippen LogP contribution in [0.15, 0.2) is 34.2 Å². The molecule has 2 N–H and O–H groups in total. The van der Waals surface area contributed by atoms with Crippen LogP contribution in [0.2, 0.25) is 0 Å². The van der Waals surface area contributed by atoms with Gasteiger partial charge in [-0.2, -0.15) is 0 Å². The first-order valence-corrected chi connectivity index (χ1v) is 8.58. The zero-order valence-electron chi connectivity index (χ0n) is 12.4. The quantitative estimate of drug-likeness (QED) is 0.455. The van der Waals surface area contributed by atoms with Crippen LogP contribution < -0.4 is 10.6 Å². The van der Waals surface area contributed by atoms with Gasteiger partial charge >= 0.3 is 0 Å². The Morgan fingerprint density at radius 1 is 1.24 bits per heavy atom. The van der Waals surface area contributed by atoms with Crippen molar-refractivity contribution in [3.05, 3.63) is 30.1 Å². The van der Waals surface area contributed by atoms with Crippen LogP contribution in [0.3, 0.4) is 0 Å². The van der Waals surface area contributed by atoms with Gasteiger partial charge in [0.05, 0.1) is 5.75 Å². The molecule has 0 aromatic heterocycles. The van der Waals surface area contributed by atoms with Gasteiger partial charge in [0.25, 0.3) is 0 Å². The van der Waals surface area contributed by atoms with E-state index >= 15 is 0 Å². The van der Waals surface area contributed by atoms with Crippen LogP contribution in [-0.4, -0.2) is 40.3 Å². The van der Waals surface area contributed by atoms with Gasteiger partial charge in [0, 0.05) is 20.1 Å². The minimum absolute atomic E-state index is 0.169. The topological polar surface area (TPSA) is 70.6 Å². The molecule has 0 spiro atoms. The zero-order valence-corrected chi connectivity index (χ0v) is 13.2. The van der Waals surface area contributed by atoms with E-state index in [1.54, 1.807) is 7.05 Å². The number of benzene rings is 1. The van der Waals surface area contributed by atoms with Crippen molar-refractivity contribution in [1.29, 1.82) is 0 Å². The van der Waals surface area contributed by atoms with E-state index in [0.29, 0.717) is 5.96 Å². The van der Waals surface area contributed by atoms with Gasteiger partial charge in [-0.25, -0.2) is 12.8 Å². The lowest BCUT2D eigenvalue weighted by atomic mass is 10.3. The Labute approximate surface area is 125 Å². The minimum Gasteiger partial charge on any atom is -0.356 e. The predicted octanol–water partition coefficient (Wildman–Crippen LogP) is 1.56. The van der Waals surface area contributed by atoms with Crippen molar-refractivity contribution in [1.82, 2.24) is 10.6 Å². The average molecular weight is 315 g/mol. The first kappa shape index (κ1) is 17.4. The summed E-state index contributed by atoms with van der Waals surface area (Å²) in [6, 6.07) is 5.39. The Kier molecular flexibility index (Phi) is 7.14. The SMILES string of the molecule is CCCCNC(=NC)NCCS(=O)(=O)c1ccccc1F. The molecule has 0 heterocycles. The molecule has 0 aliphatic carbocycles. The Morgan fingerprint density at radius 3 is 2.52 bits per heavy atom. The number of aliphatic imine (C=N–C) groups is 1. The van der Waals surface area contributed by atoms with Crippen molar-refractivity contribution in [3.8, 4) is 0 Å². The fourth-order valence-electron chi connectivity index (χ4n) is 1.71. The molecule has 0 aliphatic heterocycles. The molecule has 7 heteroatoms. The smallest absolute Gasteiger partial charge is 0.191 e. The van der Waals surface area contributed by atoms with Crippen molar-refractivity contribution in [2.24, 2.45) is 4.99 Å². The molecule has 0 amide bonds. The second-order valence-electron chi connectivity index (χ2n) is 4.53. The molecule has 0 aliphatic rings. The minimum atomic E-state index is -3.64. The normalized spacial score (nSPS) is 12.2. The molecule has 0 radical (unpaired) electrons. The van der Waals surface area contributed by atoms with Gasteiger partial charge < -0.3 is 10.6 Å². The number of sulfone groups is 1. The monoisotopic (exact) mass is 315 g/mol. The second-order valence-corrected chi connectivity index (χ2v) is 6.61. The van der Waals surface area contributed by atoms with Gasteiger partial charge in [0.15, 0.2) is 15.8 Å². The molecule has 118 valence electrons. The number of rotatable bonds is 7. The van der Waals surface area contributed by atoms with Crippen LogP contribution in [0.1, 0.15) is 19.8 Å². The Bertz CT molecular complexity index is 573. The molecule has 0 unspecified atom stereocenters. The maximum absolute atomic E-state index is 13.5. The average Bonchev–Trinajstić information content (AvgIpc) is 2.46. The summed E-state index contributed by atoms with van der Waals surface area (Å²) in [5.74, 6) is -0.363. The lowest BCUT2D eigenvalue weighted by Crippen LogP contribution is -2.40. The van der Waals surface area contributed by atoms with E-state index in [2.05, 4.69) is 22.5 Å². The van der Waals surface area contributed by atoms with E-state index in [4.69, 9.17) is 0 Å². The summed E-state index contributed by atoms with van der Waals surface area (Å²) >= 11 is 0. The van der Waals surface area contributed by atoms with Gasteiger partial charge in [-0.05, 0) is 18.6 Å². The fraction of sp³-hybridized carbons (Fsp3) is 0.500. The van der Waals surface area contributed by atoms with E-state index < -0.39 is 15.7 Å². The summed E-state index contributed by atoms with van der Waals surface area (Å²) in [6.07, 6.45) is 2.07. The molecule has 1 aromatic rings. The molecule has 0 atom stereocenters. The first-order valence-electron chi connectivity index (χ1n) is 6.93. The summed E-state index contributed by atoms with van der Waals surface area (Å²) in [5, 5.41) is 5.99. The molecular weight excluding hydrogens is 293 g/mol. The van der Waals surface area contributed by atoms with Crippen molar-refractivity contribution >= 4 is 15.8 Å². The van der Waals surface area contributed by atoms with Crippen molar-refractivity contribution in [2.45, 2.75) is 24.7 Å². The van der Waals surface area contributed by atoms with E-state index in [-0.39, 0.29) is 17.2 Å². The standard InChI is InChI=1S/C14H22FN3O2S/c1-3-4-9-17-14(16-2)18-10-11-21(19,20)13-8-6-5-7-12(13)15/h5-8H,3-4,9-11H2,1-2H3,(H2,16,17,18). The molecule has 0 fully saturated rings. The summed E-state index contributed by atoms with van der Waals surface area (Å²) in [6.45, 7) is 3.03. The van der Waals surface area contributed by atoms with E-state index in [1.807, 2.05) is 0 Å². The summed E-state index contributed by atoms with van der Waals surface area (Å²) < 4.78 is 37.6. The lowest BCUT2D eigenvalue weighted by Gasteiger charge is -2.11. The predicted molar refractivity (Wildman–Crippen MR) is 82.7 cm³/mol. The van der Waals surface area contributed by atoms with E-state index in [9.17, 15) is 12.8 Å². The molecular formula is C14H22FN3O2S. The fourth-order valence-corrected chi connectivity index (χ4v) is 2.96. The molecule has 1 rings (SSSR count). The lowest BCUT2D eigenvalue weighted by molar-refractivity contribution is 0.566. The molecule has 5 nitrogen and oxygen atoms in total.